The van der Waals surface area contributed by atoms with Gasteiger partial charge in [-0.3, -0.25) is 9.59 Å². The number of sulfonamides is 1. The van der Waals surface area contributed by atoms with Crippen molar-refractivity contribution in [1.82, 2.24) is 4.31 Å². The van der Waals surface area contributed by atoms with Crippen molar-refractivity contribution in [1.29, 1.82) is 0 Å². The number of para-hydroxylation sites is 1. The maximum absolute atomic E-state index is 13.8. The number of rotatable bonds is 2. The molecule has 2 amide bonds. The van der Waals surface area contributed by atoms with Gasteiger partial charge in [-0.2, -0.15) is 4.31 Å². The van der Waals surface area contributed by atoms with Crippen LogP contribution in [0.1, 0.15) is 57.9 Å². The Bertz CT molecular complexity index is 1200. The highest BCUT2D eigenvalue weighted by atomic mass is 32.2. The monoisotopic (exact) mass is 499 g/mol. The summed E-state index contributed by atoms with van der Waals surface area (Å²) < 4.78 is 34.7. The molecule has 1 atom stereocenters. The lowest BCUT2D eigenvalue weighted by Crippen LogP contribution is -2.35. The lowest BCUT2D eigenvalue weighted by molar-refractivity contribution is -0.122. The Morgan fingerprint density at radius 3 is 2.43 bits per heavy atom. The molecule has 0 spiro atoms. The maximum atomic E-state index is 13.8. The van der Waals surface area contributed by atoms with Crippen LogP contribution in [0.5, 0.6) is 5.75 Å². The second-order valence-corrected chi connectivity index (χ2v) is 11.1. The number of ether oxygens (including phenoxy) is 1. The standard InChI is InChI=1S/C26H33N3O5S/c1-19-26(31)27-23-17-22(13-14-25(23)34-19)35(32,33)28-15-9-5-3-4-6-10-16-29(20(2)30)24-12-8-7-11-21(24)18-28/h7-8,11-14,17,19H,3-6,9-10,15-16,18H2,1-2H3,(H,27,31). The molecule has 0 saturated carbocycles. The van der Waals surface area contributed by atoms with Gasteiger partial charge >= 0.3 is 0 Å². The number of carbonyl (C=O) groups is 2. The minimum atomic E-state index is -3.88. The molecule has 2 heterocycles. The lowest BCUT2D eigenvalue weighted by atomic mass is 10.1. The van der Waals surface area contributed by atoms with Crippen molar-refractivity contribution in [2.24, 2.45) is 0 Å². The molecule has 0 aromatic heterocycles. The van der Waals surface area contributed by atoms with Gasteiger partial charge in [-0.05, 0) is 49.6 Å². The van der Waals surface area contributed by atoms with Gasteiger partial charge < -0.3 is 15.0 Å². The third kappa shape index (κ3) is 5.67. The van der Waals surface area contributed by atoms with E-state index in [1.54, 1.807) is 24.8 Å². The molecule has 0 radical (unpaired) electrons. The van der Waals surface area contributed by atoms with Crippen molar-refractivity contribution in [2.45, 2.75) is 69.9 Å². The zero-order valence-electron chi connectivity index (χ0n) is 20.3. The molecule has 1 N–H and O–H groups in total. The number of carbonyl (C=O) groups excluding carboxylic acids is 2. The summed E-state index contributed by atoms with van der Waals surface area (Å²) >= 11 is 0. The van der Waals surface area contributed by atoms with Gasteiger partial charge in [0.05, 0.1) is 10.6 Å². The summed E-state index contributed by atoms with van der Waals surface area (Å²) in [6.07, 6.45) is 5.10. The van der Waals surface area contributed by atoms with Gasteiger partial charge in [-0.1, -0.05) is 43.9 Å². The van der Waals surface area contributed by atoms with Crippen LogP contribution < -0.4 is 15.0 Å². The first kappa shape index (κ1) is 25.2. The summed E-state index contributed by atoms with van der Waals surface area (Å²) in [5.41, 5.74) is 1.89. The Hall–Kier alpha value is -2.91. The van der Waals surface area contributed by atoms with E-state index in [9.17, 15) is 18.0 Å². The van der Waals surface area contributed by atoms with Gasteiger partial charge in [0.15, 0.2) is 6.10 Å². The molecular weight excluding hydrogens is 466 g/mol. The first-order chi connectivity index (χ1) is 16.8. The Morgan fingerprint density at radius 1 is 1.00 bits per heavy atom. The van der Waals surface area contributed by atoms with E-state index in [0.717, 1.165) is 49.8 Å². The molecule has 0 bridgehead atoms. The van der Waals surface area contributed by atoms with E-state index >= 15 is 0 Å². The summed E-state index contributed by atoms with van der Waals surface area (Å²) in [5, 5.41) is 2.73. The summed E-state index contributed by atoms with van der Waals surface area (Å²) in [6.45, 7) is 4.33. The highest BCUT2D eigenvalue weighted by Crippen LogP contribution is 2.34. The van der Waals surface area contributed by atoms with Crippen LogP contribution >= 0.6 is 0 Å². The third-order valence-corrected chi connectivity index (χ3v) is 8.41. The number of nitrogens with zero attached hydrogens (tertiary/aromatic N) is 2. The quantitative estimate of drug-likeness (QED) is 0.665. The Labute approximate surface area is 207 Å². The fourth-order valence-corrected chi connectivity index (χ4v) is 6.08. The Kier molecular flexibility index (Phi) is 7.76. The second-order valence-electron chi connectivity index (χ2n) is 9.17. The van der Waals surface area contributed by atoms with Crippen LogP contribution in [0.4, 0.5) is 11.4 Å². The summed E-state index contributed by atoms with van der Waals surface area (Å²) in [7, 11) is -3.88. The van der Waals surface area contributed by atoms with E-state index in [-0.39, 0.29) is 23.3 Å². The van der Waals surface area contributed by atoms with Gasteiger partial charge in [0.25, 0.3) is 5.91 Å². The average molecular weight is 500 g/mol. The molecule has 188 valence electrons. The van der Waals surface area contributed by atoms with Crippen LogP contribution in [-0.4, -0.2) is 43.7 Å². The molecule has 2 aliphatic heterocycles. The SMILES string of the molecule is CC(=O)N1CCCCCCCCN(S(=O)(=O)c2ccc3c(c2)NC(=O)C(C)O3)Cc2ccccc21. The second kappa shape index (κ2) is 10.8. The maximum Gasteiger partial charge on any atom is 0.265 e. The Morgan fingerprint density at radius 2 is 1.69 bits per heavy atom. The highest BCUT2D eigenvalue weighted by molar-refractivity contribution is 7.89. The first-order valence-electron chi connectivity index (χ1n) is 12.2. The average Bonchev–Trinajstić information content (AvgIpc) is 2.84. The third-order valence-electron chi connectivity index (χ3n) is 6.57. The fraction of sp³-hybridized carbons (Fsp3) is 0.462. The smallest absolute Gasteiger partial charge is 0.265 e. The molecule has 9 heteroatoms. The molecule has 0 aliphatic carbocycles. The van der Waals surface area contributed by atoms with Crippen LogP contribution in [0.25, 0.3) is 0 Å². The van der Waals surface area contributed by atoms with E-state index in [1.165, 1.54) is 16.4 Å². The highest BCUT2D eigenvalue weighted by Gasteiger charge is 2.30. The van der Waals surface area contributed by atoms with Gasteiger partial charge in [0.1, 0.15) is 5.75 Å². The van der Waals surface area contributed by atoms with Gasteiger partial charge in [0, 0.05) is 32.2 Å². The fourth-order valence-electron chi connectivity index (χ4n) is 4.59. The molecule has 4 rings (SSSR count). The van der Waals surface area contributed by atoms with Crippen molar-refractivity contribution >= 4 is 33.2 Å². The Balaban J connectivity index is 1.70. The predicted molar refractivity (Wildman–Crippen MR) is 135 cm³/mol. The summed E-state index contributed by atoms with van der Waals surface area (Å²) in [4.78, 5) is 26.4. The minimum Gasteiger partial charge on any atom is -0.479 e. The molecular formula is C26H33N3O5S. The zero-order chi connectivity index (χ0) is 25.0. The first-order valence-corrected chi connectivity index (χ1v) is 13.7. The number of anilines is 2. The van der Waals surface area contributed by atoms with E-state index < -0.39 is 16.1 Å². The molecule has 1 unspecified atom stereocenters. The number of fused-ring (bicyclic) bond motifs is 2. The molecule has 2 aromatic rings. The number of nitrogens with one attached hydrogen (secondary N) is 1. The molecule has 8 nitrogen and oxygen atoms in total. The van der Waals surface area contributed by atoms with Crippen LogP contribution in [0, 0.1) is 0 Å². The number of amides is 2. The van der Waals surface area contributed by atoms with Crippen molar-refractivity contribution in [2.75, 3.05) is 23.3 Å². The normalized spacial score (nSPS) is 20.2. The lowest BCUT2D eigenvalue weighted by Gasteiger charge is -2.28. The van der Waals surface area contributed by atoms with E-state index in [0.29, 0.717) is 24.5 Å². The zero-order valence-corrected chi connectivity index (χ0v) is 21.1. The van der Waals surface area contributed by atoms with Crippen molar-refractivity contribution in [3.63, 3.8) is 0 Å². The molecule has 2 aromatic carbocycles. The van der Waals surface area contributed by atoms with Crippen LogP contribution in [0.15, 0.2) is 47.4 Å². The molecule has 0 saturated heterocycles. The van der Waals surface area contributed by atoms with E-state index in [4.69, 9.17) is 4.74 Å². The minimum absolute atomic E-state index is 0.0543. The molecule has 0 fully saturated rings. The van der Waals surface area contributed by atoms with Crippen molar-refractivity contribution in [3.8, 4) is 5.75 Å². The van der Waals surface area contributed by atoms with E-state index in [1.807, 2.05) is 24.3 Å². The van der Waals surface area contributed by atoms with Gasteiger partial charge in [0.2, 0.25) is 15.9 Å². The summed E-state index contributed by atoms with van der Waals surface area (Å²) in [6, 6.07) is 12.1. The topological polar surface area (TPSA) is 96.0 Å². The molecule has 35 heavy (non-hydrogen) atoms. The van der Waals surface area contributed by atoms with Gasteiger partial charge in [-0.25, -0.2) is 8.42 Å². The van der Waals surface area contributed by atoms with Crippen LogP contribution in [0.3, 0.4) is 0 Å². The number of hydrogen-bond acceptors (Lipinski definition) is 5. The molecule has 2 aliphatic rings. The largest absolute Gasteiger partial charge is 0.479 e. The van der Waals surface area contributed by atoms with Gasteiger partial charge in [-0.15, -0.1) is 0 Å². The van der Waals surface area contributed by atoms with Crippen LogP contribution in [-0.2, 0) is 26.2 Å². The van der Waals surface area contributed by atoms with Crippen molar-refractivity contribution in [3.05, 3.63) is 48.0 Å². The predicted octanol–water partition coefficient (Wildman–Crippen LogP) is 4.30. The number of benzene rings is 2. The van der Waals surface area contributed by atoms with Crippen LogP contribution in [0.2, 0.25) is 0 Å². The van der Waals surface area contributed by atoms with E-state index in [2.05, 4.69) is 5.32 Å². The number of hydrogen-bond donors (Lipinski definition) is 1. The van der Waals surface area contributed by atoms with Crippen molar-refractivity contribution < 1.29 is 22.7 Å². The summed E-state index contributed by atoms with van der Waals surface area (Å²) in [5.74, 6) is 0.0810.